The van der Waals surface area contributed by atoms with Crippen molar-refractivity contribution in [3.63, 3.8) is 0 Å². The molecule has 9 heteroatoms. The van der Waals surface area contributed by atoms with Crippen molar-refractivity contribution >= 4 is 40.9 Å². The summed E-state index contributed by atoms with van der Waals surface area (Å²) in [6.45, 7) is 1.89. The van der Waals surface area contributed by atoms with Crippen molar-refractivity contribution in [3.8, 4) is 5.75 Å². The zero-order valence-electron chi connectivity index (χ0n) is 16.9. The Bertz CT molecular complexity index is 1020. The number of aromatic nitrogens is 3. The van der Waals surface area contributed by atoms with Crippen LogP contribution < -0.4 is 10.1 Å². The molecule has 1 amide bonds. The zero-order chi connectivity index (χ0) is 21.7. The first kappa shape index (κ1) is 22.5. The Morgan fingerprint density at radius 2 is 1.83 bits per heavy atom. The average Bonchev–Trinajstić information content (AvgIpc) is 3.10. The third kappa shape index (κ3) is 5.68. The Balaban J connectivity index is 1.58. The van der Waals surface area contributed by atoms with E-state index in [0.717, 1.165) is 22.0 Å². The number of thioether (sulfide) groups is 1. The molecule has 0 bridgehead atoms. The van der Waals surface area contributed by atoms with Crippen LogP contribution in [0.3, 0.4) is 0 Å². The number of carbonyl (C=O) groups is 1. The van der Waals surface area contributed by atoms with Crippen LogP contribution in [0.5, 0.6) is 5.75 Å². The van der Waals surface area contributed by atoms with Crippen molar-refractivity contribution in [2.24, 2.45) is 7.05 Å². The highest BCUT2D eigenvalue weighted by Gasteiger charge is 2.18. The van der Waals surface area contributed by atoms with Gasteiger partial charge in [-0.2, -0.15) is 0 Å². The first-order valence-corrected chi connectivity index (χ1v) is 11.0. The summed E-state index contributed by atoms with van der Waals surface area (Å²) in [6, 6.07) is 12.7. The van der Waals surface area contributed by atoms with E-state index in [1.54, 1.807) is 24.9 Å². The smallest absolute Gasteiger partial charge is 0.224 e. The fourth-order valence-electron chi connectivity index (χ4n) is 2.89. The highest BCUT2D eigenvalue weighted by atomic mass is 35.5. The first-order chi connectivity index (χ1) is 14.4. The van der Waals surface area contributed by atoms with E-state index >= 15 is 0 Å². The van der Waals surface area contributed by atoms with E-state index in [1.807, 2.05) is 54.9 Å². The van der Waals surface area contributed by atoms with Crippen LogP contribution in [0.15, 0.2) is 47.6 Å². The Morgan fingerprint density at radius 3 is 2.50 bits per heavy atom. The topological polar surface area (TPSA) is 69.0 Å². The molecule has 30 heavy (non-hydrogen) atoms. The molecule has 0 aliphatic heterocycles. The molecule has 3 aromatic rings. The van der Waals surface area contributed by atoms with Gasteiger partial charge in [0.15, 0.2) is 11.0 Å². The lowest BCUT2D eigenvalue weighted by atomic mass is 10.1. The molecule has 2 aromatic carbocycles. The average molecular weight is 465 g/mol. The largest absolute Gasteiger partial charge is 0.497 e. The summed E-state index contributed by atoms with van der Waals surface area (Å²) >= 11 is 13.6. The molecule has 1 heterocycles. The lowest BCUT2D eigenvalue weighted by molar-refractivity contribution is -0.121. The molecule has 1 aromatic heterocycles. The molecular weight excluding hydrogens is 443 g/mol. The molecule has 0 unspecified atom stereocenters. The number of hydrogen-bond acceptors (Lipinski definition) is 5. The fourth-order valence-corrected chi connectivity index (χ4v) is 4.07. The molecule has 1 atom stereocenters. The Labute approximate surface area is 189 Å². The summed E-state index contributed by atoms with van der Waals surface area (Å²) in [5.41, 5.74) is 1.95. The van der Waals surface area contributed by atoms with E-state index < -0.39 is 0 Å². The number of ether oxygens (including phenoxy) is 1. The van der Waals surface area contributed by atoms with Gasteiger partial charge in [-0.25, -0.2) is 0 Å². The van der Waals surface area contributed by atoms with Crippen LogP contribution in [0.25, 0.3) is 0 Å². The van der Waals surface area contributed by atoms with Crippen molar-refractivity contribution in [2.45, 2.75) is 30.3 Å². The monoisotopic (exact) mass is 464 g/mol. The summed E-state index contributed by atoms with van der Waals surface area (Å²) in [5.74, 6) is 2.05. The van der Waals surface area contributed by atoms with Gasteiger partial charge in [-0.1, -0.05) is 53.2 Å². The van der Waals surface area contributed by atoms with Gasteiger partial charge in [-0.3, -0.25) is 4.79 Å². The van der Waals surface area contributed by atoms with Crippen LogP contribution in [0.1, 0.15) is 29.9 Å². The van der Waals surface area contributed by atoms with Gasteiger partial charge in [0.05, 0.1) is 29.6 Å². The second-order valence-corrected chi connectivity index (χ2v) is 8.51. The van der Waals surface area contributed by atoms with Gasteiger partial charge >= 0.3 is 0 Å². The van der Waals surface area contributed by atoms with Gasteiger partial charge in [-0.15, -0.1) is 10.2 Å². The van der Waals surface area contributed by atoms with Gasteiger partial charge in [0.25, 0.3) is 0 Å². The van der Waals surface area contributed by atoms with Crippen LogP contribution in [-0.2, 0) is 24.0 Å². The number of halogens is 2. The number of nitrogens with one attached hydrogen (secondary N) is 1. The van der Waals surface area contributed by atoms with Crippen molar-refractivity contribution in [3.05, 3.63) is 69.5 Å². The predicted octanol–water partition coefficient (Wildman–Crippen LogP) is 4.84. The molecule has 0 radical (unpaired) electrons. The molecule has 0 aliphatic rings. The molecule has 0 fully saturated rings. The summed E-state index contributed by atoms with van der Waals surface area (Å²) in [6.07, 6.45) is 0.283. The molecule has 0 saturated heterocycles. The van der Waals surface area contributed by atoms with Gasteiger partial charge in [0.1, 0.15) is 5.75 Å². The SMILES string of the molecule is COc1ccc(CC(=O)N[C@H](C)c2nnc(SCc3ccc(Cl)c(Cl)c3)n2C)cc1. The van der Waals surface area contributed by atoms with Crippen molar-refractivity contribution < 1.29 is 9.53 Å². The molecule has 0 spiro atoms. The summed E-state index contributed by atoms with van der Waals surface area (Å²) in [4.78, 5) is 12.4. The number of rotatable bonds is 8. The number of nitrogens with zero attached hydrogens (tertiary/aromatic N) is 3. The molecular formula is C21H22Cl2N4O2S. The molecule has 0 aliphatic carbocycles. The highest BCUT2D eigenvalue weighted by molar-refractivity contribution is 7.98. The van der Waals surface area contributed by atoms with Crippen LogP contribution >= 0.6 is 35.0 Å². The minimum absolute atomic E-state index is 0.0827. The maximum absolute atomic E-state index is 12.4. The van der Waals surface area contributed by atoms with Crippen LogP contribution in [0, 0.1) is 0 Å². The maximum atomic E-state index is 12.4. The normalized spacial score (nSPS) is 11.9. The second-order valence-electron chi connectivity index (χ2n) is 6.75. The lowest BCUT2D eigenvalue weighted by Gasteiger charge is -2.14. The number of benzene rings is 2. The van der Waals surface area contributed by atoms with Gasteiger partial charge < -0.3 is 14.6 Å². The lowest BCUT2D eigenvalue weighted by Crippen LogP contribution is -2.29. The van der Waals surface area contributed by atoms with E-state index in [2.05, 4.69) is 15.5 Å². The van der Waals surface area contributed by atoms with Crippen molar-refractivity contribution in [1.29, 1.82) is 0 Å². The third-order valence-corrected chi connectivity index (χ3v) is 6.34. The van der Waals surface area contributed by atoms with Crippen molar-refractivity contribution in [2.75, 3.05) is 7.11 Å². The van der Waals surface area contributed by atoms with Crippen LogP contribution in [-0.4, -0.2) is 27.8 Å². The minimum Gasteiger partial charge on any atom is -0.497 e. The Morgan fingerprint density at radius 1 is 1.13 bits per heavy atom. The van der Waals surface area contributed by atoms with E-state index in [0.29, 0.717) is 21.6 Å². The molecule has 3 rings (SSSR count). The highest BCUT2D eigenvalue weighted by Crippen LogP contribution is 2.27. The molecule has 0 saturated carbocycles. The number of amides is 1. The Hall–Kier alpha value is -2.22. The quantitative estimate of drug-likeness (QED) is 0.482. The number of hydrogen-bond donors (Lipinski definition) is 1. The molecule has 158 valence electrons. The van der Waals surface area contributed by atoms with Crippen molar-refractivity contribution in [1.82, 2.24) is 20.1 Å². The van der Waals surface area contributed by atoms with E-state index in [-0.39, 0.29) is 18.4 Å². The van der Waals surface area contributed by atoms with E-state index in [4.69, 9.17) is 27.9 Å². The Kier molecular flexibility index (Phi) is 7.64. The predicted molar refractivity (Wildman–Crippen MR) is 120 cm³/mol. The first-order valence-electron chi connectivity index (χ1n) is 9.25. The van der Waals surface area contributed by atoms with Gasteiger partial charge in [-0.05, 0) is 42.3 Å². The zero-order valence-corrected chi connectivity index (χ0v) is 19.2. The summed E-state index contributed by atoms with van der Waals surface area (Å²) in [5, 5.41) is 13.3. The van der Waals surface area contributed by atoms with Gasteiger partial charge in [0, 0.05) is 12.8 Å². The summed E-state index contributed by atoms with van der Waals surface area (Å²) in [7, 11) is 3.50. The number of carbonyl (C=O) groups excluding carboxylic acids is 1. The van der Waals surface area contributed by atoms with E-state index in [1.165, 1.54) is 0 Å². The third-order valence-electron chi connectivity index (χ3n) is 4.51. The fraction of sp³-hybridized carbons (Fsp3) is 0.286. The van der Waals surface area contributed by atoms with E-state index in [9.17, 15) is 4.79 Å². The van der Waals surface area contributed by atoms with Gasteiger partial charge in [0.2, 0.25) is 5.91 Å². The minimum atomic E-state index is -0.271. The maximum Gasteiger partial charge on any atom is 0.224 e. The number of methoxy groups -OCH3 is 1. The van der Waals surface area contributed by atoms with Crippen LogP contribution in [0.2, 0.25) is 10.0 Å². The standard InChI is InChI=1S/C21H22Cl2N4O2S/c1-13(24-19(28)11-14-4-7-16(29-3)8-5-14)20-25-26-21(27(20)2)30-12-15-6-9-17(22)18(23)10-15/h4-10,13H,11-12H2,1-3H3,(H,24,28)/t13-/m1/s1. The molecule has 1 N–H and O–H groups in total. The van der Waals surface area contributed by atoms with Crippen LogP contribution in [0.4, 0.5) is 0 Å². The summed E-state index contributed by atoms with van der Waals surface area (Å²) < 4.78 is 7.03. The second kappa shape index (κ2) is 10.2. The molecule has 6 nitrogen and oxygen atoms in total.